The number of hydrogen-bond donors (Lipinski definition) is 1. The molecule has 1 atom stereocenters. The number of fused-ring (bicyclic) bond motifs is 1. The summed E-state index contributed by atoms with van der Waals surface area (Å²) in [6, 6.07) is 11.5. The van der Waals surface area contributed by atoms with Gasteiger partial charge in [-0.3, -0.25) is 4.79 Å². The van der Waals surface area contributed by atoms with Gasteiger partial charge in [0.05, 0.1) is 16.5 Å². The van der Waals surface area contributed by atoms with E-state index in [2.05, 4.69) is 15.3 Å². The summed E-state index contributed by atoms with van der Waals surface area (Å²) in [7, 11) is -3.66. The maximum Gasteiger partial charge on any atom is 0.227 e. The van der Waals surface area contributed by atoms with E-state index in [-0.39, 0.29) is 34.9 Å². The first-order chi connectivity index (χ1) is 16.1. The highest BCUT2D eigenvalue weighted by molar-refractivity contribution is 7.90. The molecule has 1 amide bonds. The predicted octanol–water partition coefficient (Wildman–Crippen LogP) is 4.95. The number of sulfone groups is 1. The largest absolute Gasteiger partial charge is 0.492 e. The van der Waals surface area contributed by atoms with E-state index in [1.54, 1.807) is 50.2 Å². The van der Waals surface area contributed by atoms with Crippen molar-refractivity contribution in [1.29, 1.82) is 0 Å². The van der Waals surface area contributed by atoms with Crippen LogP contribution in [-0.4, -0.2) is 30.9 Å². The lowest BCUT2D eigenvalue weighted by Gasteiger charge is -2.25. The average Bonchev–Trinajstić information content (AvgIpc) is 2.74. The van der Waals surface area contributed by atoms with Gasteiger partial charge in [0.1, 0.15) is 17.3 Å². The van der Waals surface area contributed by atoms with Gasteiger partial charge in [0, 0.05) is 28.0 Å². The van der Waals surface area contributed by atoms with Crippen LogP contribution in [0.4, 0.5) is 5.69 Å². The van der Waals surface area contributed by atoms with Crippen LogP contribution < -0.4 is 10.1 Å². The van der Waals surface area contributed by atoms with Crippen molar-refractivity contribution in [2.75, 3.05) is 11.9 Å². The van der Waals surface area contributed by atoms with Crippen molar-refractivity contribution in [2.45, 2.75) is 37.3 Å². The number of halogens is 2. The SMILES string of the molecule is Cc1cc(C)nc(CS(=O)(=O)c2ccc3c(c2)CC(CCOc2ccc(Cl)cc2Cl)C(=O)N3)n1. The molecule has 7 nitrogen and oxygen atoms in total. The van der Waals surface area contributed by atoms with E-state index < -0.39 is 9.84 Å². The van der Waals surface area contributed by atoms with E-state index in [4.69, 9.17) is 27.9 Å². The lowest BCUT2D eigenvalue weighted by Crippen LogP contribution is -2.31. The molecule has 0 bridgehead atoms. The maximum absolute atomic E-state index is 13.0. The molecule has 4 rings (SSSR count). The van der Waals surface area contributed by atoms with E-state index >= 15 is 0 Å². The van der Waals surface area contributed by atoms with E-state index in [1.165, 1.54) is 6.07 Å². The zero-order chi connectivity index (χ0) is 24.5. The third kappa shape index (κ3) is 5.68. The first-order valence-corrected chi connectivity index (χ1v) is 13.1. The molecular weight excluding hydrogens is 497 g/mol. The van der Waals surface area contributed by atoms with Gasteiger partial charge in [-0.05, 0) is 74.7 Å². The van der Waals surface area contributed by atoms with Crippen molar-refractivity contribution in [1.82, 2.24) is 9.97 Å². The van der Waals surface area contributed by atoms with Gasteiger partial charge in [-0.15, -0.1) is 0 Å². The Labute approximate surface area is 208 Å². The summed E-state index contributed by atoms with van der Waals surface area (Å²) >= 11 is 12.0. The standard InChI is InChI=1S/C24H23Cl2N3O4S/c1-14-9-15(2)28-23(27-14)13-34(31,32)19-4-5-21-17(11-19)10-16(24(30)29-21)7-8-33-22-6-3-18(25)12-20(22)26/h3-6,9,11-12,16H,7-8,10,13H2,1-2H3,(H,29,30). The Morgan fingerprint density at radius 3 is 2.50 bits per heavy atom. The zero-order valence-electron chi connectivity index (χ0n) is 18.6. The van der Waals surface area contributed by atoms with Crippen molar-refractivity contribution in [2.24, 2.45) is 5.92 Å². The third-order valence-electron chi connectivity index (χ3n) is 5.50. The Kier molecular flexibility index (Phi) is 7.12. The number of rotatable bonds is 7. The Hall–Kier alpha value is -2.68. The number of nitrogens with zero attached hydrogens (tertiary/aromatic N) is 2. The molecule has 1 unspecified atom stereocenters. The van der Waals surface area contributed by atoms with Gasteiger partial charge in [-0.2, -0.15) is 0 Å². The van der Waals surface area contributed by atoms with Crippen LogP contribution in [0.2, 0.25) is 10.0 Å². The van der Waals surface area contributed by atoms with Gasteiger partial charge in [0.25, 0.3) is 0 Å². The molecule has 1 N–H and O–H groups in total. The van der Waals surface area contributed by atoms with Gasteiger partial charge in [-0.25, -0.2) is 18.4 Å². The molecule has 1 aromatic heterocycles. The third-order valence-corrected chi connectivity index (χ3v) is 7.64. The van der Waals surface area contributed by atoms with Crippen LogP contribution in [-0.2, 0) is 26.8 Å². The summed E-state index contributed by atoms with van der Waals surface area (Å²) in [4.78, 5) is 21.2. The van der Waals surface area contributed by atoms with Crippen LogP contribution in [0.15, 0.2) is 47.4 Å². The number of carbonyl (C=O) groups is 1. The van der Waals surface area contributed by atoms with E-state index in [9.17, 15) is 13.2 Å². The lowest BCUT2D eigenvalue weighted by molar-refractivity contribution is -0.120. The molecule has 0 fully saturated rings. The van der Waals surface area contributed by atoms with Crippen LogP contribution in [0.5, 0.6) is 5.75 Å². The maximum atomic E-state index is 13.0. The normalized spacial score (nSPS) is 15.5. The fourth-order valence-corrected chi connectivity index (χ4v) is 5.60. The van der Waals surface area contributed by atoms with Crippen LogP contribution in [0.1, 0.15) is 29.2 Å². The number of anilines is 1. The molecule has 178 valence electrons. The van der Waals surface area contributed by atoms with Crippen LogP contribution in [0, 0.1) is 19.8 Å². The van der Waals surface area contributed by atoms with Crippen LogP contribution in [0.3, 0.4) is 0 Å². The molecule has 10 heteroatoms. The Bertz CT molecular complexity index is 1340. The van der Waals surface area contributed by atoms with E-state index in [1.807, 2.05) is 0 Å². The highest BCUT2D eigenvalue weighted by Gasteiger charge is 2.28. The number of nitrogens with one attached hydrogen (secondary N) is 1. The topological polar surface area (TPSA) is 98.3 Å². The minimum atomic E-state index is -3.66. The molecule has 2 heterocycles. The van der Waals surface area contributed by atoms with Gasteiger partial charge in [-0.1, -0.05) is 23.2 Å². The molecule has 1 aliphatic rings. The highest BCUT2D eigenvalue weighted by Crippen LogP contribution is 2.31. The summed E-state index contributed by atoms with van der Waals surface area (Å²) in [5, 5.41) is 3.77. The second kappa shape index (κ2) is 9.90. The summed E-state index contributed by atoms with van der Waals surface area (Å²) < 4.78 is 31.8. The first kappa shape index (κ1) is 24.4. The molecule has 1 aliphatic heterocycles. The summed E-state index contributed by atoms with van der Waals surface area (Å²) in [5.41, 5.74) is 2.81. The molecule has 34 heavy (non-hydrogen) atoms. The number of hydrogen-bond acceptors (Lipinski definition) is 6. The van der Waals surface area contributed by atoms with E-state index in [0.717, 1.165) is 17.0 Å². The Balaban J connectivity index is 1.46. The predicted molar refractivity (Wildman–Crippen MR) is 131 cm³/mol. The average molecular weight is 520 g/mol. The highest BCUT2D eigenvalue weighted by atomic mass is 35.5. The van der Waals surface area contributed by atoms with Crippen molar-refractivity contribution < 1.29 is 17.9 Å². The zero-order valence-corrected chi connectivity index (χ0v) is 21.0. The van der Waals surface area contributed by atoms with Crippen molar-refractivity contribution in [3.8, 4) is 5.75 Å². The van der Waals surface area contributed by atoms with Crippen molar-refractivity contribution in [3.05, 3.63) is 75.3 Å². The Morgan fingerprint density at radius 2 is 1.79 bits per heavy atom. The van der Waals surface area contributed by atoms with Gasteiger partial charge in [0.2, 0.25) is 5.91 Å². The number of amides is 1. The summed E-state index contributed by atoms with van der Waals surface area (Å²) in [6.45, 7) is 3.88. The number of aromatic nitrogens is 2. The van der Waals surface area contributed by atoms with Crippen LogP contribution >= 0.6 is 23.2 Å². The number of benzene rings is 2. The Morgan fingerprint density at radius 1 is 1.06 bits per heavy atom. The minimum absolute atomic E-state index is 0.127. The lowest BCUT2D eigenvalue weighted by atomic mass is 9.91. The first-order valence-electron chi connectivity index (χ1n) is 10.7. The van der Waals surface area contributed by atoms with E-state index in [0.29, 0.717) is 34.3 Å². The number of ether oxygens (including phenoxy) is 1. The van der Waals surface area contributed by atoms with Gasteiger partial charge < -0.3 is 10.1 Å². The molecule has 0 radical (unpaired) electrons. The number of aryl methyl sites for hydroxylation is 2. The minimum Gasteiger partial charge on any atom is -0.492 e. The second-order valence-corrected chi connectivity index (χ2v) is 11.1. The molecule has 0 saturated carbocycles. The fourth-order valence-electron chi connectivity index (χ4n) is 3.90. The second-order valence-electron chi connectivity index (χ2n) is 8.25. The van der Waals surface area contributed by atoms with Crippen LogP contribution in [0.25, 0.3) is 0 Å². The van der Waals surface area contributed by atoms with Crippen molar-refractivity contribution in [3.63, 3.8) is 0 Å². The number of carbonyl (C=O) groups excluding carboxylic acids is 1. The summed E-state index contributed by atoms with van der Waals surface area (Å²) in [6.07, 6.45) is 0.847. The molecule has 0 saturated heterocycles. The fraction of sp³-hybridized carbons (Fsp3) is 0.292. The van der Waals surface area contributed by atoms with Gasteiger partial charge >= 0.3 is 0 Å². The van der Waals surface area contributed by atoms with Crippen molar-refractivity contribution >= 4 is 44.6 Å². The van der Waals surface area contributed by atoms with Gasteiger partial charge in [0.15, 0.2) is 9.84 Å². The molecule has 2 aromatic carbocycles. The summed E-state index contributed by atoms with van der Waals surface area (Å²) in [5.74, 6) is -0.0271. The smallest absolute Gasteiger partial charge is 0.227 e. The molecule has 0 spiro atoms. The molecular formula is C24H23Cl2N3O4S. The molecule has 0 aliphatic carbocycles. The quantitative estimate of drug-likeness (QED) is 0.473. The monoisotopic (exact) mass is 519 g/mol. The molecule has 3 aromatic rings.